The van der Waals surface area contributed by atoms with Crippen molar-refractivity contribution in [3.05, 3.63) is 29.3 Å². The predicted octanol–water partition coefficient (Wildman–Crippen LogP) is -3.50. The van der Waals surface area contributed by atoms with Gasteiger partial charge >= 0.3 is 7.82 Å². The summed E-state index contributed by atoms with van der Waals surface area (Å²) >= 11 is 0. The Labute approximate surface area is 232 Å². The summed E-state index contributed by atoms with van der Waals surface area (Å²) in [4.78, 5) is 44.9. The van der Waals surface area contributed by atoms with Crippen LogP contribution in [0.4, 0.5) is 11.8 Å². The van der Waals surface area contributed by atoms with Crippen LogP contribution in [0.3, 0.4) is 0 Å². The first kappa shape index (κ1) is 28.5. The van der Waals surface area contributed by atoms with Crippen LogP contribution in [0.5, 0.6) is 0 Å². The fourth-order valence-electron chi connectivity index (χ4n) is 4.84. The summed E-state index contributed by atoms with van der Waals surface area (Å²) in [6.45, 7) is -1.44. The topological polar surface area (TPSA) is 314 Å². The molecule has 10 N–H and O–H groups in total. The molecule has 6 rings (SSSR count). The molecule has 42 heavy (non-hydrogen) atoms. The van der Waals surface area contributed by atoms with Gasteiger partial charge in [-0.15, -0.1) is 0 Å². The number of aromatic nitrogens is 8. The lowest BCUT2D eigenvalue weighted by Crippen LogP contribution is -2.36. The third-order valence-corrected chi connectivity index (χ3v) is 7.86. The Morgan fingerprint density at radius 1 is 0.952 bits per heavy atom. The van der Waals surface area contributed by atoms with Gasteiger partial charge in [0.1, 0.15) is 48.5 Å². The lowest BCUT2D eigenvalue weighted by Gasteiger charge is -2.24. The van der Waals surface area contributed by atoms with Crippen molar-refractivity contribution in [1.82, 2.24) is 39.0 Å². The third-order valence-electron chi connectivity index (χ3n) is 6.87. The van der Waals surface area contributed by atoms with Crippen LogP contribution in [-0.2, 0) is 23.1 Å². The standard InChI is InChI=1S/C20H25N10O11P/c21-14-8-15(24-3-23-14)29(4-25-8)18-12(34)10(32)7(40-18)2-38-42(36,37)41-13-11(33)6(1-31)39-19(13)30-5-26-9-16(30)27-20(22)28-17(9)35/h3-7,10-13,18-19,31-34H,1-2H2,(H,36,37)(H2,21,23,24)(H3,22,27,28,35)/t6-,7-,10+,11+,12?,13+,18-,19-/m1/s1. The quantitative estimate of drug-likeness (QED) is 0.0894. The van der Waals surface area contributed by atoms with Gasteiger partial charge in [-0.3, -0.25) is 28.0 Å². The van der Waals surface area contributed by atoms with E-state index < -0.39 is 75.7 Å². The molecule has 226 valence electrons. The average molecular weight is 612 g/mol. The molecule has 21 nitrogen and oxygen atoms in total. The fraction of sp³-hybridized carbons (Fsp3) is 0.500. The minimum absolute atomic E-state index is 0.0830. The number of rotatable bonds is 8. The van der Waals surface area contributed by atoms with Crippen molar-refractivity contribution in [1.29, 1.82) is 0 Å². The van der Waals surface area contributed by atoms with E-state index in [0.717, 1.165) is 10.9 Å². The molecule has 4 aromatic rings. The van der Waals surface area contributed by atoms with E-state index >= 15 is 0 Å². The van der Waals surface area contributed by atoms with Crippen molar-refractivity contribution in [3.8, 4) is 0 Å². The molecule has 22 heteroatoms. The van der Waals surface area contributed by atoms with E-state index in [-0.39, 0.29) is 34.1 Å². The number of H-pyrrole nitrogens is 1. The first-order chi connectivity index (χ1) is 20.0. The van der Waals surface area contributed by atoms with Crippen LogP contribution in [0.25, 0.3) is 22.3 Å². The van der Waals surface area contributed by atoms with Crippen LogP contribution in [0.2, 0.25) is 0 Å². The second kappa shape index (κ2) is 10.6. The number of imidazole rings is 2. The van der Waals surface area contributed by atoms with E-state index in [4.69, 9.17) is 30.0 Å². The van der Waals surface area contributed by atoms with Crippen LogP contribution in [0, 0.1) is 0 Å². The van der Waals surface area contributed by atoms with Gasteiger partial charge in [0.15, 0.2) is 35.1 Å². The van der Waals surface area contributed by atoms with E-state index in [1.807, 2.05) is 0 Å². The minimum atomic E-state index is -5.06. The summed E-state index contributed by atoms with van der Waals surface area (Å²) in [6.07, 6.45) is -8.05. The van der Waals surface area contributed by atoms with Crippen LogP contribution in [-0.4, -0.2) is 114 Å². The van der Waals surface area contributed by atoms with Crippen molar-refractivity contribution in [2.24, 2.45) is 0 Å². The largest absolute Gasteiger partial charge is 0.472 e. The maximum Gasteiger partial charge on any atom is 0.472 e. The van der Waals surface area contributed by atoms with E-state index in [0.29, 0.717) is 0 Å². The first-order valence-corrected chi connectivity index (χ1v) is 13.8. The number of hydrogen-bond donors (Lipinski definition) is 8. The number of phosphoric ester groups is 1. The number of nitrogens with two attached hydrogens (primary N) is 2. The Balaban J connectivity index is 1.19. The molecule has 0 amide bonds. The molecule has 6 heterocycles. The number of phosphoric acid groups is 1. The number of aromatic amines is 1. The van der Waals surface area contributed by atoms with Crippen LogP contribution in [0.15, 0.2) is 23.8 Å². The van der Waals surface area contributed by atoms with Gasteiger partial charge in [0.2, 0.25) is 5.95 Å². The molecular formula is C20H25N10O11P. The fourth-order valence-corrected chi connectivity index (χ4v) is 5.77. The molecule has 2 fully saturated rings. The zero-order chi connectivity index (χ0) is 29.9. The van der Waals surface area contributed by atoms with Gasteiger partial charge in [-0.25, -0.2) is 24.5 Å². The Bertz CT molecular complexity index is 1730. The van der Waals surface area contributed by atoms with E-state index in [1.165, 1.54) is 17.2 Å². The Morgan fingerprint density at radius 3 is 2.38 bits per heavy atom. The number of hydrogen-bond acceptors (Lipinski definition) is 17. The third kappa shape index (κ3) is 4.80. The molecule has 9 atom stereocenters. The number of aliphatic hydroxyl groups is 4. The van der Waals surface area contributed by atoms with Crippen LogP contribution >= 0.6 is 7.82 Å². The highest BCUT2D eigenvalue weighted by Crippen LogP contribution is 2.50. The molecule has 0 bridgehead atoms. The van der Waals surface area contributed by atoms with Gasteiger partial charge < -0.3 is 46.3 Å². The summed E-state index contributed by atoms with van der Waals surface area (Å²) in [5, 5.41) is 41.5. The molecule has 0 spiro atoms. The smallest absolute Gasteiger partial charge is 0.394 e. The Morgan fingerprint density at radius 2 is 1.64 bits per heavy atom. The monoisotopic (exact) mass is 612 g/mol. The van der Waals surface area contributed by atoms with Gasteiger partial charge in [-0.2, -0.15) is 4.98 Å². The van der Waals surface area contributed by atoms with Gasteiger partial charge in [-0.1, -0.05) is 0 Å². The van der Waals surface area contributed by atoms with Gasteiger partial charge in [-0.05, 0) is 0 Å². The van der Waals surface area contributed by atoms with Gasteiger partial charge in [0, 0.05) is 0 Å². The molecule has 2 aliphatic rings. The number of anilines is 2. The zero-order valence-corrected chi connectivity index (χ0v) is 22.1. The highest BCUT2D eigenvalue weighted by atomic mass is 31.2. The molecular weight excluding hydrogens is 587 g/mol. The molecule has 0 radical (unpaired) electrons. The number of nitrogens with zero attached hydrogens (tertiary/aromatic N) is 7. The molecule has 2 saturated heterocycles. The molecule has 2 aliphatic heterocycles. The Hall–Kier alpha value is -3.63. The molecule has 0 aromatic carbocycles. The summed E-state index contributed by atoms with van der Waals surface area (Å²) < 4.78 is 37.0. The van der Waals surface area contributed by atoms with Crippen LogP contribution in [0.1, 0.15) is 12.5 Å². The Kier molecular flexibility index (Phi) is 7.17. The first-order valence-electron chi connectivity index (χ1n) is 12.3. The van der Waals surface area contributed by atoms with E-state index in [9.17, 15) is 34.7 Å². The van der Waals surface area contributed by atoms with Gasteiger partial charge in [0.05, 0.1) is 25.9 Å². The van der Waals surface area contributed by atoms with Crippen molar-refractivity contribution >= 4 is 41.9 Å². The average Bonchev–Trinajstić information content (AvgIpc) is 3.69. The second-order valence-corrected chi connectivity index (χ2v) is 10.9. The summed E-state index contributed by atoms with van der Waals surface area (Å²) in [5.74, 6) is -0.171. The SMILES string of the molecule is Nc1nc2c(ncn2[C@@H]2O[C@H](CO)[C@H](O)[C@@H]2OP(=O)(O)OC[C@H]2O[C@@H](n3cnc4c(N)ncnc43)C(O)[C@H]2O)c(=O)[nH]1. The molecule has 0 aliphatic carbocycles. The van der Waals surface area contributed by atoms with Crippen molar-refractivity contribution in [2.45, 2.75) is 49.1 Å². The van der Waals surface area contributed by atoms with Crippen molar-refractivity contribution < 1.29 is 48.4 Å². The summed E-state index contributed by atoms with van der Waals surface area (Å²) in [5.41, 5.74) is 11.0. The number of ether oxygens (including phenoxy) is 2. The summed E-state index contributed by atoms with van der Waals surface area (Å²) in [6, 6.07) is 0. The van der Waals surface area contributed by atoms with E-state index in [2.05, 4.69) is 29.9 Å². The predicted molar refractivity (Wildman–Crippen MR) is 136 cm³/mol. The lowest BCUT2D eigenvalue weighted by atomic mass is 10.1. The normalized spacial score (nSPS) is 31.3. The second-order valence-electron chi connectivity index (χ2n) is 9.48. The maximum absolute atomic E-state index is 13.0. The number of nitrogen functional groups attached to an aromatic ring is 2. The molecule has 4 aromatic heterocycles. The zero-order valence-electron chi connectivity index (χ0n) is 21.2. The summed E-state index contributed by atoms with van der Waals surface area (Å²) in [7, 11) is -5.06. The maximum atomic E-state index is 13.0. The molecule has 2 unspecified atom stereocenters. The number of nitrogens with one attached hydrogen (secondary N) is 1. The minimum Gasteiger partial charge on any atom is -0.394 e. The van der Waals surface area contributed by atoms with Gasteiger partial charge in [0.25, 0.3) is 5.56 Å². The van der Waals surface area contributed by atoms with Crippen molar-refractivity contribution in [3.63, 3.8) is 0 Å². The van der Waals surface area contributed by atoms with Crippen molar-refractivity contribution in [2.75, 3.05) is 24.7 Å². The highest BCUT2D eigenvalue weighted by molar-refractivity contribution is 7.47. The highest BCUT2D eigenvalue weighted by Gasteiger charge is 2.50. The van der Waals surface area contributed by atoms with E-state index in [1.54, 1.807) is 0 Å². The molecule has 0 saturated carbocycles. The number of aliphatic hydroxyl groups excluding tert-OH is 4. The number of fused-ring (bicyclic) bond motifs is 2. The van der Waals surface area contributed by atoms with Crippen LogP contribution < -0.4 is 17.0 Å². The lowest BCUT2D eigenvalue weighted by molar-refractivity contribution is -0.0615.